The molecule has 1 amide bonds. The molecule has 0 spiro atoms. The molecule has 0 aromatic heterocycles. The van der Waals surface area contributed by atoms with Crippen LogP contribution in [0.3, 0.4) is 0 Å². The predicted octanol–water partition coefficient (Wildman–Crippen LogP) is 0.856. The number of likely N-dealkylation sites (tertiary alicyclic amines) is 1. The number of carbonyl (C=O) groups is 1. The van der Waals surface area contributed by atoms with Crippen molar-refractivity contribution in [2.24, 2.45) is 11.7 Å². The first-order valence-corrected chi connectivity index (χ1v) is 9.54. The molecule has 1 aliphatic carbocycles. The molecule has 0 radical (unpaired) electrons. The van der Waals surface area contributed by atoms with Crippen LogP contribution in [0.1, 0.15) is 45.4 Å². The van der Waals surface area contributed by atoms with Gasteiger partial charge in [-0.15, -0.1) is 12.4 Å². The fraction of sp³-hybridized carbons (Fsp3) is 0.929. The third kappa shape index (κ3) is 6.02. The van der Waals surface area contributed by atoms with Gasteiger partial charge in [-0.2, -0.15) is 0 Å². The number of halogens is 1. The Balaban J connectivity index is 0.00000242. The summed E-state index contributed by atoms with van der Waals surface area (Å²) in [5.74, 6) is -0.0718. The maximum atomic E-state index is 12.1. The third-order valence-corrected chi connectivity index (χ3v) is 5.89. The van der Waals surface area contributed by atoms with Gasteiger partial charge in [0, 0.05) is 25.2 Å². The van der Waals surface area contributed by atoms with Crippen LogP contribution in [0.2, 0.25) is 0 Å². The summed E-state index contributed by atoms with van der Waals surface area (Å²) in [4.78, 5) is 13.7. The minimum Gasteiger partial charge on any atom is -0.342 e. The van der Waals surface area contributed by atoms with E-state index in [-0.39, 0.29) is 30.4 Å². The first-order valence-electron chi connectivity index (χ1n) is 7.89. The average Bonchev–Trinajstić information content (AvgIpc) is 2.41. The molecule has 2 fully saturated rings. The molecular weight excluding hydrogens is 326 g/mol. The maximum absolute atomic E-state index is 12.1. The van der Waals surface area contributed by atoms with E-state index in [1.165, 1.54) is 0 Å². The number of nitrogens with zero attached hydrogens (tertiary/aromatic N) is 1. The number of nitrogens with two attached hydrogens (primary N) is 1. The fourth-order valence-corrected chi connectivity index (χ4v) is 4.41. The van der Waals surface area contributed by atoms with Crippen LogP contribution in [0.25, 0.3) is 0 Å². The molecule has 8 heteroatoms. The van der Waals surface area contributed by atoms with Crippen LogP contribution < -0.4 is 10.5 Å². The van der Waals surface area contributed by atoms with Gasteiger partial charge in [-0.05, 0) is 44.4 Å². The zero-order chi connectivity index (χ0) is 15.5. The van der Waals surface area contributed by atoms with Gasteiger partial charge in [-0.3, -0.25) is 4.79 Å². The van der Waals surface area contributed by atoms with Crippen molar-refractivity contribution in [1.29, 1.82) is 0 Å². The highest BCUT2D eigenvalue weighted by Crippen LogP contribution is 2.23. The van der Waals surface area contributed by atoms with Crippen molar-refractivity contribution in [3.05, 3.63) is 0 Å². The highest BCUT2D eigenvalue weighted by Gasteiger charge is 2.28. The average molecular weight is 354 g/mol. The molecule has 1 saturated heterocycles. The second kappa shape index (κ2) is 8.47. The summed E-state index contributed by atoms with van der Waals surface area (Å²) in [5, 5.41) is 0. The van der Waals surface area contributed by atoms with Gasteiger partial charge in [0.05, 0.1) is 0 Å². The topological polar surface area (TPSA) is 92.5 Å². The molecule has 0 unspecified atom stereocenters. The summed E-state index contributed by atoms with van der Waals surface area (Å²) < 4.78 is 26.9. The van der Waals surface area contributed by atoms with Gasteiger partial charge >= 0.3 is 0 Å². The lowest BCUT2D eigenvalue weighted by atomic mass is 9.88. The van der Waals surface area contributed by atoms with E-state index in [4.69, 9.17) is 5.73 Å². The van der Waals surface area contributed by atoms with Crippen molar-refractivity contribution in [2.75, 3.05) is 18.8 Å². The first kappa shape index (κ1) is 19.7. The highest BCUT2D eigenvalue weighted by atomic mass is 35.5. The van der Waals surface area contributed by atoms with Crippen molar-refractivity contribution in [1.82, 2.24) is 9.62 Å². The Morgan fingerprint density at radius 2 is 1.68 bits per heavy atom. The quantitative estimate of drug-likeness (QED) is 0.783. The number of rotatable bonds is 4. The normalized spacial score (nSPS) is 27.3. The Morgan fingerprint density at radius 1 is 1.14 bits per heavy atom. The summed E-state index contributed by atoms with van der Waals surface area (Å²) in [6, 6.07) is 0.127. The smallest absolute Gasteiger partial charge is 0.239 e. The summed E-state index contributed by atoms with van der Waals surface area (Å²) in [6.07, 6.45) is 5.33. The van der Waals surface area contributed by atoms with E-state index < -0.39 is 15.8 Å². The predicted molar refractivity (Wildman–Crippen MR) is 89.4 cm³/mol. The lowest BCUT2D eigenvalue weighted by Gasteiger charge is -2.31. The second-order valence-electron chi connectivity index (χ2n) is 6.55. The molecule has 2 aliphatic rings. The second-order valence-corrected chi connectivity index (χ2v) is 8.31. The minimum atomic E-state index is -3.53. The summed E-state index contributed by atoms with van der Waals surface area (Å²) in [6.45, 7) is 3.32. The Labute approximate surface area is 139 Å². The third-order valence-electron chi connectivity index (χ3n) is 4.57. The van der Waals surface area contributed by atoms with Gasteiger partial charge in [-0.1, -0.05) is 6.92 Å². The van der Waals surface area contributed by atoms with Gasteiger partial charge in [-0.25, -0.2) is 13.1 Å². The van der Waals surface area contributed by atoms with Crippen molar-refractivity contribution >= 4 is 28.3 Å². The summed E-state index contributed by atoms with van der Waals surface area (Å²) >= 11 is 0. The van der Waals surface area contributed by atoms with E-state index in [2.05, 4.69) is 11.6 Å². The Bertz CT molecular complexity index is 456. The van der Waals surface area contributed by atoms with Crippen LogP contribution in [-0.2, 0) is 14.8 Å². The number of hydrogen-bond acceptors (Lipinski definition) is 4. The summed E-state index contributed by atoms with van der Waals surface area (Å²) in [5.41, 5.74) is 5.79. The molecule has 0 bridgehead atoms. The molecule has 1 heterocycles. The SMILES string of the molecule is CC1CCC(NS(=O)(=O)CC(=O)N2CCC(N)CC2)CC1.Cl. The van der Waals surface area contributed by atoms with Crippen molar-refractivity contribution in [3.8, 4) is 0 Å². The van der Waals surface area contributed by atoms with Crippen molar-refractivity contribution < 1.29 is 13.2 Å². The van der Waals surface area contributed by atoms with Crippen molar-refractivity contribution in [3.63, 3.8) is 0 Å². The van der Waals surface area contributed by atoms with E-state index >= 15 is 0 Å². The minimum absolute atomic E-state index is 0. The molecule has 2 rings (SSSR count). The number of carbonyl (C=O) groups excluding carboxylic acids is 1. The Kier molecular flexibility index (Phi) is 7.58. The molecular formula is C14H28ClN3O3S. The largest absolute Gasteiger partial charge is 0.342 e. The van der Waals surface area contributed by atoms with E-state index in [0.29, 0.717) is 19.0 Å². The lowest BCUT2D eigenvalue weighted by molar-refractivity contribution is -0.129. The van der Waals surface area contributed by atoms with E-state index in [1.54, 1.807) is 4.90 Å². The standard InChI is InChI=1S/C14H27N3O3S.ClH/c1-11-2-4-13(5-3-11)16-21(19,20)10-14(18)17-8-6-12(15)7-9-17;/h11-13,16H,2-10,15H2,1H3;1H. The number of sulfonamides is 1. The van der Waals surface area contributed by atoms with Crippen molar-refractivity contribution in [2.45, 2.75) is 57.5 Å². The summed E-state index contributed by atoms with van der Waals surface area (Å²) in [7, 11) is -3.53. The highest BCUT2D eigenvalue weighted by molar-refractivity contribution is 7.90. The number of amides is 1. The number of nitrogens with one attached hydrogen (secondary N) is 1. The fourth-order valence-electron chi connectivity index (χ4n) is 3.08. The van der Waals surface area contributed by atoms with E-state index in [9.17, 15) is 13.2 Å². The molecule has 0 aromatic carbocycles. The van der Waals surface area contributed by atoms with E-state index in [0.717, 1.165) is 38.5 Å². The Morgan fingerprint density at radius 3 is 2.23 bits per heavy atom. The lowest BCUT2D eigenvalue weighted by Crippen LogP contribution is -2.47. The van der Waals surface area contributed by atoms with Crippen LogP contribution in [0.15, 0.2) is 0 Å². The van der Waals surface area contributed by atoms with Gasteiger partial charge in [0.1, 0.15) is 5.75 Å². The van der Waals surface area contributed by atoms with Crippen LogP contribution in [-0.4, -0.2) is 50.2 Å². The van der Waals surface area contributed by atoms with Gasteiger partial charge in [0.15, 0.2) is 0 Å². The molecule has 0 aromatic rings. The van der Waals surface area contributed by atoms with Gasteiger partial charge in [0.2, 0.25) is 15.9 Å². The van der Waals surface area contributed by atoms with Crippen LogP contribution in [0.5, 0.6) is 0 Å². The Hall–Kier alpha value is -0.370. The molecule has 6 nitrogen and oxygen atoms in total. The number of piperidine rings is 1. The van der Waals surface area contributed by atoms with Crippen LogP contribution >= 0.6 is 12.4 Å². The van der Waals surface area contributed by atoms with Crippen LogP contribution in [0, 0.1) is 5.92 Å². The van der Waals surface area contributed by atoms with Gasteiger partial charge in [0.25, 0.3) is 0 Å². The zero-order valence-corrected chi connectivity index (χ0v) is 14.8. The van der Waals surface area contributed by atoms with Gasteiger partial charge < -0.3 is 10.6 Å². The maximum Gasteiger partial charge on any atom is 0.239 e. The molecule has 1 saturated carbocycles. The number of hydrogen-bond donors (Lipinski definition) is 2. The molecule has 3 N–H and O–H groups in total. The molecule has 1 aliphatic heterocycles. The molecule has 130 valence electrons. The zero-order valence-electron chi connectivity index (χ0n) is 13.2. The first-order chi connectivity index (χ1) is 9.85. The molecule has 22 heavy (non-hydrogen) atoms. The van der Waals surface area contributed by atoms with E-state index in [1.807, 2.05) is 0 Å². The monoisotopic (exact) mass is 353 g/mol. The van der Waals surface area contributed by atoms with Crippen LogP contribution in [0.4, 0.5) is 0 Å². The molecule has 0 atom stereocenters.